The first kappa shape index (κ1) is 11.9. The van der Waals surface area contributed by atoms with Crippen LogP contribution >= 0.6 is 0 Å². The van der Waals surface area contributed by atoms with E-state index in [1.807, 2.05) is 7.05 Å². The van der Waals surface area contributed by atoms with Crippen LogP contribution in [0.15, 0.2) is 0 Å². The van der Waals surface area contributed by atoms with Crippen LogP contribution in [0.3, 0.4) is 0 Å². The van der Waals surface area contributed by atoms with E-state index in [1.54, 1.807) is 0 Å². The summed E-state index contributed by atoms with van der Waals surface area (Å²) in [6, 6.07) is 0.639. The lowest BCUT2D eigenvalue weighted by Gasteiger charge is -2.14. The zero-order chi connectivity index (χ0) is 9.23. The predicted molar refractivity (Wildman–Crippen MR) is 54.0 cm³/mol. The van der Waals surface area contributed by atoms with Crippen LogP contribution in [0.2, 0.25) is 0 Å². The van der Waals surface area contributed by atoms with Gasteiger partial charge in [-0.05, 0) is 45.8 Å². The topological polar surface area (TPSA) is 64.1 Å². The van der Waals surface area contributed by atoms with Crippen LogP contribution < -0.4 is 16.8 Å². The number of hydrogen-bond donors (Lipinski definition) is 3. The molecule has 0 heterocycles. The second-order valence-corrected chi connectivity index (χ2v) is 3.20. The van der Waals surface area contributed by atoms with Gasteiger partial charge < -0.3 is 16.8 Å². The van der Waals surface area contributed by atoms with Crippen molar-refractivity contribution in [1.29, 1.82) is 0 Å². The molecule has 0 saturated heterocycles. The second-order valence-electron chi connectivity index (χ2n) is 3.20. The molecule has 0 aromatic carbocycles. The molecule has 1 atom stereocenters. The Bertz CT molecular complexity index is 85.8. The molecule has 1 unspecified atom stereocenters. The maximum absolute atomic E-state index is 5.44. The Kier molecular flexibility index (Phi) is 8.88. The molecular weight excluding hydrogens is 150 g/mol. The van der Waals surface area contributed by atoms with Gasteiger partial charge in [0.25, 0.3) is 0 Å². The van der Waals surface area contributed by atoms with Crippen LogP contribution in [-0.4, -0.2) is 26.2 Å². The SMILES string of the molecule is CNC(CCCN)CCCCN. The van der Waals surface area contributed by atoms with Gasteiger partial charge in [0.05, 0.1) is 0 Å². The molecule has 5 N–H and O–H groups in total. The highest BCUT2D eigenvalue weighted by molar-refractivity contribution is 4.64. The summed E-state index contributed by atoms with van der Waals surface area (Å²) in [5, 5.41) is 3.30. The summed E-state index contributed by atoms with van der Waals surface area (Å²) < 4.78 is 0. The highest BCUT2D eigenvalue weighted by Gasteiger charge is 2.03. The van der Waals surface area contributed by atoms with Crippen molar-refractivity contribution in [1.82, 2.24) is 5.32 Å². The minimum Gasteiger partial charge on any atom is -0.330 e. The summed E-state index contributed by atoms with van der Waals surface area (Å²) in [5.41, 5.74) is 10.9. The second kappa shape index (κ2) is 8.97. The monoisotopic (exact) mass is 173 g/mol. The summed E-state index contributed by atoms with van der Waals surface area (Å²) in [5.74, 6) is 0. The Morgan fingerprint density at radius 3 is 2.08 bits per heavy atom. The molecule has 0 saturated carbocycles. The molecule has 3 nitrogen and oxygen atoms in total. The summed E-state index contributed by atoms with van der Waals surface area (Å²) in [7, 11) is 2.02. The van der Waals surface area contributed by atoms with Crippen molar-refractivity contribution in [2.75, 3.05) is 20.1 Å². The van der Waals surface area contributed by atoms with E-state index in [0.29, 0.717) is 6.04 Å². The average molecular weight is 173 g/mol. The van der Waals surface area contributed by atoms with E-state index in [9.17, 15) is 0 Å². The molecule has 3 heteroatoms. The van der Waals surface area contributed by atoms with Crippen molar-refractivity contribution in [2.24, 2.45) is 11.5 Å². The van der Waals surface area contributed by atoms with Gasteiger partial charge in [0, 0.05) is 6.04 Å². The molecule has 0 bridgehead atoms. The Labute approximate surface area is 75.9 Å². The third kappa shape index (κ3) is 6.58. The van der Waals surface area contributed by atoms with Crippen LogP contribution in [0.1, 0.15) is 32.1 Å². The predicted octanol–water partition coefficient (Wildman–Crippen LogP) is 0.442. The molecule has 0 fully saturated rings. The fraction of sp³-hybridized carbons (Fsp3) is 1.00. The highest BCUT2D eigenvalue weighted by Crippen LogP contribution is 2.05. The molecule has 0 aliphatic heterocycles. The Morgan fingerprint density at radius 2 is 1.58 bits per heavy atom. The number of rotatable bonds is 8. The van der Waals surface area contributed by atoms with E-state index >= 15 is 0 Å². The van der Waals surface area contributed by atoms with Gasteiger partial charge in [-0.2, -0.15) is 0 Å². The first-order chi connectivity index (χ1) is 5.85. The quantitative estimate of drug-likeness (QED) is 0.467. The minimum atomic E-state index is 0.639. The Morgan fingerprint density at radius 1 is 1.00 bits per heavy atom. The van der Waals surface area contributed by atoms with E-state index in [4.69, 9.17) is 11.5 Å². The third-order valence-corrected chi connectivity index (χ3v) is 2.17. The maximum atomic E-state index is 5.44. The Hall–Kier alpha value is -0.120. The van der Waals surface area contributed by atoms with Crippen LogP contribution in [0, 0.1) is 0 Å². The molecule has 0 radical (unpaired) electrons. The Balaban J connectivity index is 3.26. The highest BCUT2D eigenvalue weighted by atomic mass is 14.9. The van der Waals surface area contributed by atoms with Gasteiger partial charge in [-0.15, -0.1) is 0 Å². The van der Waals surface area contributed by atoms with E-state index in [0.717, 1.165) is 25.9 Å². The van der Waals surface area contributed by atoms with Crippen molar-refractivity contribution >= 4 is 0 Å². The fourth-order valence-corrected chi connectivity index (χ4v) is 1.33. The normalized spacial score (nSPS) is 13.2. The van der Waals surface area contributed by atoms with Gasteiger partial charge in [0.1, 0.15) is 0 Å². The van der Waals surface area contributed by atoms with Crippen molar-refractivity contribution < 1.29 is 0 Å². The molecule has 0 aliphatic carbocycles. The average Bonchev–Trinajstić information content (AvgIpc) is 2.11. The third-order valence-electron chi connectivity index (χ3n) is 2.17. The van der Waals surface area contributed by atoms with Gasteiger partial charge in [-0.25, -0.2) is 0 Å². The lowest BCUT2D eigenvalue weighted by atomic mass is 10.0. The van der Waals surface area contributed by atoms with Crippen LogP contribution in [0.5, 0.6) is 0 Å². The lowest BCUT2D eigenvalue weighted by molar-refractivity contribution is 0.458. The first-order valence-corrected chi connectivity index (χ1v) is 4.92. The molecule has 74 valence electrons. The number of unbranched alkanes of at least 4 members (excludes halogenated alkanes) is 1. The van der Waals surface area contributed by atoms with Crippen LogP contribution in [0.25, 0.3) is 0 Å². The molecular formula is C9H23N3. The summed E-state index contributed by atoms with van der Waals surface area (Å²) >= 11 is 0. The zero-order valence-corrected chi connectivity index (χ0v) is 8.18. The zero-order valence-electron chi connectivity index (χ0n) is 8.18. The molecule has 12 heavy (non-hydrogen) atoms. The molecule has 0 aliphatic rings. The standard InChI is InChI=1S/C9H23N3/c1-12-9(6-4-8-11)5-2-3-7-10/h9,12H,2-8,10-11H2,1H3. The van der Waals surface area contributed by atoms with E-state index < -0.39 is 0 Å². The van der Waals surface area contributed by atoms with E-state index in [2.05, 4.69) is 5.32 Å². The van der Waals surface area contributed by atoms with Crippen LogP contribution in [-0.2, 0) is 0 Å². The molecule has 0 rings (SSSR count). The molecule has 0 aromatic heterocycles. The van der Waals surface area contributed by atoms with E-state index in [-0.39, 0.29) is 0 Å². The molecule has 0 spiro atoms. The lowest BCUT2D eigenvalue weighted by Crippen LogP contribution is -2.26. The summed E-state index contributed by atoms with van der Waals surface area (Å²) in [6.07, 6.45) is 5.91. The maximum Gasteiger partial charge on any atom is 0.00645 e. The smallest absolute Gasteiger partial charge is 0.00645 e. The first-order valence-electron chi connectivity index (χ1n) is 4.92. The molecule has 0 aromatic rings. The summed E-state index contributed by atoms with van der Waals surface area (Å²) in [6.45, 7) is 1.61. The van der Waals surface area contributed by atoms with Crippen molar-refractivity contribution in [2.45, 2.75) is 38.1 Å². The van der Waals surface area contributed by atoms with E-state index in [1.165, 1.54) is 19.3 Å². The fourth-order valence-electron chi connectivity index (χ4n) is 1.33. The van der Waals surface area contributed by atoms with Crippen molar-refractivity contribution in [3.05, 3.63) is 0 Å². The molecule has 0 amide bonds. The minimum absolute atomic E-state index is 0.639. The largest absolute Gasteiger partial charge is 0.330 e. The van der Waals surface area contributed by atoms with Gasteiger partial charge in [0.2, 0.25) is 0 Å². The van der Waals surface area contributed by atoms with Crippen LogP contribution in [0.4, 0.5) is 0 Å². The van der Waals surface area contributed by atoms with Crippen molar-refractivity contribution in [3.8, 4) is 0 Å². The number of nitrogens with one attached hydrogen (secondary N) is 1. The summed E-state index contributed by atoms with van der Waals surface area (Å²) in [4.78, 5) is 0. The van der Waals surface area contributed by atoms with Gasteiger partial charge in [0.15, 0.2) is 0 Å². The van der Waals surface area contributed by atoms with Gasteiger partial charge >= 0.3 is 0 Å². The number of hydrogen-bond acceptors (Lipinski definition) is 3. The van der Waals surface area contributed by atoms with Gasteiger partial charge in [-0.1, -0.05) is 6.42 Å². The van der Waals surface area contributed by atoms with Gasteiger partial charge in [-0.3, -0.25) is 0 Å². The van der Waals surface area contributed by atoms with Crippen molar-refractivity contribution in [3.63, 3.8) is 0 Å². The number of nitrogens with two attached hydrogens (primary N) is 2.